The van der Waals surface area contributed by atoms with Gasteiger partial charge in [-0.3, -0.25) is 9.78 Å². The largest absolute Gasteiger partial charge is 0.512 e. The Balaban J connectivity index is 0.000000212. The van der Waals surface area contributed by atoms with E-state index in [-0.39, 0.29) is 71.9 Å². The second kappa shape index (κ2) is 46.7. The van der Waals surface area contributed by atoms with Gasteiger partial charge in [0.15, 0.2) is 5.78 Å². The quantitative estimate of drug-likeness (QED) is 0.0550. The fourth-order valence-corrected chi connectivity index (χ4v) is 12.2. The minimum atomic E-state index is 0. The molecule has 14 rings (SSSR count). The molecule has 9 aromatic carbocycles. The van der Waals surface area contributed by atoms with Crippen molar-refractivity contribution in [3.63, 3.8) is 0 Å². The van der Waals surface area contributed by atoms with Crippen molar-refractivity contribution in [2.45, 2.75) is 116 Å². The van der Waals surface area contributed by atoms with Crippen molar-refractivity contribution in [3.05, 3.63) is 367 Å². The summed E-state index contributed by atoms with van der Waals surface area (Å²) in [7, 11) is 0. The second-order valence-corrected chi connectivity index (χ2v) is 28.9. The molecular weight excluding hydrogens is 1890 g/mol. The SMILES string of the molecule is CC(C)CC(=O)C=C(O)CC(C)C.CC(C)Cc1ccc(-c2ccnc(-c3[c-]cccc3)c2)cc1.Cc1[c-]c(-c2cc(CC(C)C)c3cc(-c4ccccc4)ccc3n2)cc(C)c1.Cc1cc(-c2[c-]cccc2)ncc1-c1ccccc1.Cc1ccc(-c2[c-]cccc2)nc1.Cc1ccnc(-c2[c-]cccc2)c1.[Ir].[Ir].[Ir]. The number of rotatable bonds is 17. The van der Waals surface area contributed by atoms with Gasteiger partial charge in [-0.05, 0) is 160 Å². The van der Waals surface area contributed by atoms with Crippen LogP contribution in [-0.2, 0) is 78.0 Å². The average Bonchev–Trinajstić information content (AvgIpc) is 0.813. The van der Waals surface area contributed by atoms with Crippen molar-refractivity contribution < 1.29 is 70.2 Å². The third kappa shape index (κ3) is 29.7. The number of carbonyl (C=O) groups excluding carboxylic acids is 1. The number of hydrogen-bond donors (Lipinski definition) is 1. The minimum Gasteiger partial charge on any atom is -0.512 e. The molecule has 111 heavy (non-hydrogen) atoms. The molecule has 5 heterocycles. The topological polar surface area (TPSA) is 102 Å². The monoisotopic (exact) mass is 1990 g/mol. The van der Waals surface area contributed by atoms with Crippen LogP contribution in [0.2, 0.25) is 0 Å². The van der Waals surface area contributed by atoms with Gasteiger partial charge in [-0.15, -0.1) is 178 Å². The van der Waals surface area contributed by atoms with Gasteiger partial charge in [0.05, 0.1) is 11.3 Å². The van der Waals surface area contributed by atoms with Gasteiger partial charge in [0.25, 0.3) is 0 Å². The zero-order valence-electron chi connectivity index (χ0n) is 65.9. The Hall–Kier alpha value is -9.85. The molecule has 1 N–H and O–H groups in total. The Kier molecular flexibility index (Phi) is 37.9. The summed E-state index contributed by atoms with van der Waals surface area (Å²) in [4.78, 5) is 33.8. The number of benzene rings is 9. The van der Waals surface area contributed by atoms with E-state index in [4.69, 9.17) is 4.98 Å². The summed E-state index contributed by atoms with van der Waals surface area (Å²) < 4.78 is 0. The van der Waals surface area contributed by atoms with E-state index in [0.29, 0.717) is 36.5 Å². The minimum absolute atomic E-state index is 0. The van der Waals surface area contributed by atoms with Crippen LogP contribution in [0.15, 0.2) is 297 Å². The number of pyridine rings is 5. The van der Waals surface area contributed by atoms with Crippen molar-refractivity contribution in [3.8, 4) is 89.7 Å². The summed E-state index contributed by atoms with van der Waals surface area (Å²) in [6, 6.07) is 105. The van der Waals surface area contributed by atoms with E-state index >= 15 is 0 Å². The maximum atomic E-state index is 11.2. The molecule has 0 aliphatic heterocycles. The molecule has 0 amide bonds. The van der Waals surface area contributed by atoms with E-state index in [1.165, 1.54) is 78.2 Å². The normalized spacial score (nSPS) is 10.6. The fourth-order valence-electron chi connectivity index (χ4n) is 12.2. The molecule has 0 fully saturated rings. The summed E-state index contributed by atoms with van der Waals surface area (Å²) in [5, 5.41) is 10.6. The van der Waals surface area contributed by atoms with Crippen LogP contribution in [0, 0.1) is 88.6 Å². The molecule has 0 spiro atoms. The van der Waals surface area contributed by atoms with Crippen LogP contribution in [0.4, 0.5) is 0 Å². The van der Waals surface area contributed by atoms with Crippen LogP contribution in [0.25, 0.3) is 101 Å². The molecule has 0 aliphatic rings. The number of fused-ring (bicyclic) bond motifs is 1. The summed E-state index contributed by atoms with van der Waals surface area (Å²) in [6.07, 6.45) is 12.1. The molecule has 573 valence electrons. The molecule has 0 bridgehead atoms. The van der Waals surface area contributed by atoms with Crippen molar-refractivity contribution in [2.24, 2.45) is 23.7 Å². The number of aliphatic hydroxyl groups is 1. The first-order chi connectivity index (χ1) is 52.2. The van der Waals surface area contributed by atoms with Gasteiger partial charge in [0, 0.05) is 115 Å². The number of carbonyl (C=O) groups is 1. The Bertz CT molecular complexity index is 5080. The van der Waals surface area contributed by atoms with Crippen LogP contribution in [0.3, 0.4) is 0 Å². The van der Waals surface area contributed by atoms with E-state index in [1.54, 1.807) is 0 Å². The van der Waals surface area contributed by atoms with E-state index in [1.807, 2.05) is 187 Å². The number of allylic oxidation sites excluding steroid dienone is 2. The van der Waals surface area contributed by atoms with Crippen LogP contribution in [0.5, 0.6) is 0 Å². The third-order valence-electron chi connectivity index (χ3n) is 17.3. The number of aromatic nitrogens is 5. The maximum absolute atomic E-state index is 11.2. The van der Waals surface area contributed by atoms with Crippen molar-refractivity contribution in [2.75, 3.05) is 0 Å². The van der Waals surface area contributed by atoms with Gasteiger partial charge < -0.3 is 25.0 Å². The first-order valence-corrected chi connectivity index (χ1v) is 37.4. The van der Waals surface area contributed by atoms with E-state index in [9.17, 15) is 9.90 Å². The number of aliphatic hydroxyl groups excluding tert-OH is 1. The van der Waals surface area contributed by atoms with Gasteiger partial charge in [-0.2, -0.15) is 0 Å². The molecule has 5 aromatic heterocycles. The van der Waals surface area contributed by atoms with Crippen LogP contribution in [-0.4, -0.2) is 35.8 Å². The second-order valence-electron chi connectivity index (χ2n) is 28.9. The third-order valence-corrected chi connectivity index (χ3v) is 17.3. The molecule has 0 unspecified atom stereocenters. The van der Waals surface area contributed by atoms with Crippen LogP contribution >= 0.6 is 0 Å². The van der Waals surface area contributed by atoms with Gasteiger partial charge in [0.1, 0.15) is 0 Å². The first-order valence-electron chi connectivity index (χ1n) is 37.4. The number of aryl methyl sites for hydroxylation is 5. The van der Waals surface area contributed by atoms with Crippen LogP contribution in [0.1, 0.15) is 107 Å². The van der Waals surface area contributed by atoms with E-state index in [2.05, 4.69) is 239 Å². The van der Waals surface area contributed by atoms with Crippen molar-refractivity contribution in [1.82, 2.24) is 24.9 Å². The Morgan fingerprint density at radius 3 is 1.39 bits per heavy atom. The molecule has 0 atom stereocenters. The standard InChI is InChI=1S/C27H26N.C21H20N.C18H14N.2C12H10N.C11H20O2.3Ir/c1-18(2)12-23-17-27(24-14-19(3)13-20(4)15-24)28-26-11-10-22(16-25(23)26)21-8-6-5-7-9-21;1-16(2)14-17-8-10-18(11-9-17)20-12-13-22-21(15-20)19-6-4-3-5-7-19;1-14-12-18(16-10-6-3-7-11-16)19-13-17(14)15-8-4-2-5-9-15;1-10-7-8-13-12(9-10)11-5-3-2-4-6-11;1-10-7-8-12(13-9-10)11-5-3-2-4-6-11;1-8(2)5-10(12)7-11(13)6-9(3)4;;;/h5-11,13-14,16-18H,12H2,1-4H3;3-6,8-13,15-16H,14H2,1-2H3;2-10,12-13H,1H3;2*2-5,7-9H,1H3;7-9,12H,5-6H2,1-4H3;;;/q5*-1;;;;. The van der Waals surface area contributed by atoms with Gasteiger partial charge in [-0.25, -0.2) is 0 Å². The molecule has 3 radical (unpaired) electrons. The zero-order chi connectivity index (χ0) is 76.7. The summed E-state index contributed by atoms with van der Waals surface area (Å²) in [5.41, 5.74) is 27.3. The molecule has 0 aliphatic carbocycles. The molecule has 0 saturated heterocycles. The zero-order valence-corrected chi connectivity index (χ0v) is 73.1. The smallest absolute Gasteiger partial charge is 0.159 e. The van der Waals surface area contributed by atoms with Crippen LogP contribution < -0.4 is 0 Å². The Morgan fingerprint density at radius 2 is 0.883 bits per heavy atom. The average molecular weight is 1990 g/mol. The fraction of sp³-hybridized carbons (Fsp3) is 0.208. The number of hydrogen-bond acceptors (Lipinski definition) is 7. The summed E-state index contributed by atoms with van der Waals surface area (Å²) >= 11 is 0. The van der Waals surface area contributed by atoms with Crippen molar-refractivity contribution >= 4 is 16.7 Å². The van der Waals surface area contributed by atoms with E-state index < -0.39 is 0 Å². The molecular formula is C101H100Ir3N5O2-5. The first kappa shape index (κ1) is 90.0. The predicted molar refractivity (Wildman–Crippen MR) is 452 cm³/mol. The van der Waals surface area contributed by atoms with Gasteiger partial charge >= 0.3 is 0 Å². The number of nitrogens with zero attached hydrogens (tertiary/aromatic N) is 5. The predicted octanol–water partition coefficient (Wildman–Crippen LogP) is 25.9. The Labute approximate surface area is 701 Å². The molecule has 7 nitrogen and oxygen atoms in total. The molecule has 0 saturated carbocycles. The van der Waals surface area contributed by atoms with Gasteiger partial charge in [-0.1, -0.05) is 202 Å². The maximum Gasteiger partial charge on any atom is 0.159 e. The van der Waals surface area contributed by atoms with Gasteiger partial charge in [0.2, 0.25) is 0 Å². The number of ketones is 1. The Morgan fingerprint density at radius 1 is 0.387 bits per heavy atom. The molecule has 10 heteroatoms. The van der Waals surface area contributed by atoms with E-state index in [0.717, 1.165) is 80.2 Å². The molecule has 14 aromatic rings. The summed E-state index contributed by atoms with van der Waals surface area (Å²) in [5.74, 6) is 2.25. The summed E-state index contributed by atoms with van der Waals surface area (Å²) in [6.45, 7) is 27.5. The van der Waals surface area contributed by atoms with Crippen molar-refractivity contribution in [1.29, 1.82) is 0 Å².